The third-order valence-electron chi connectivity index (χ3n) is 3.62. The molecule has 0 saturated heterocycles. The molecular formula is C16H16N6. The van der Waals surface area contributed by atoms with Crippen molar-refractivity contribution < 1.29 is 0 Å². The van der Waals surface area contributed by atoms with Gasteiger partial charge in [0.2, 0.25) is 0 Å². The van der Waals surface area contributed by atoms with E-state index in [-0.39, 0.29) is 0 Å². The van der Waals surface area contributed by atoms with Gasteiger partial charge in [-0.2, -0.15) is 5.10 Å². The van der Waals surface area contributed by atoms with Crippen LogP contribution in [0.2, 0.25) is 0 Å². The van der Waals surface area contributed by atoms with Gasteiger partial charge >= 0.3 is 0 Å². The standard InChI is InChI=1S/C16H16N6/c1-12-9-14(20-19-12)18-16-11-21(13-5-3-2-4-6-13)10-15-17-7-8-22(15)16/h2-9,11H,10H2,1H3,(H2,18,19,20). The molecule has 22 heavy (non-hydrogen) atoms. The zero-order valence-corrected chi connectivity index (χ0v) is 12.2. The maximum Gasteiger partial charge on any atom is 0.153 e. The van der Waals surface area contributed by atoms with Crippen molar-refractivity contribution in [1.82, 2.24) is 19.7 Å². The molecule has 0 radical (unpaired) electrons. The van der Waals surface area contributed by atoms with Crippen LogP contribution < -0.4 is 10.2 Å². The van der Waals surface area contributed by atoms with E-state index in [9.17, 15) is 0 Å². The Kier molecular flexibility index (Phi) is 2.93. The number of rotatable bonds is 3. The number of aryl methyl sites for hydroxylation is 1. The second kappa shape index (κ2) is 5.07. The summed E-state index contributed by atoms with van der Waals surface area (Å²) in [5.41, 5.74) is 2.15. The number of para-hydroxylation sites is 1. The molecule has 4 rings (SSSR count). The number of aromatic nitrogens is 4. The van der Waals surface area contributed by atoms with Gasteiger partial charge in [0, 0.05) is 36.0 Å². The Labute approximate surface area is 128 Å². The van der Waals surface area contributed by atoms with Gasteiger partial charge in [0.25, 0.3) is 0 Å². The Bertz CT molecular complexity index is 814. The first-order valence-electron chi connectivity index (χ1n) is 7.15. The molecule has 0 bridgehead atoms. The molecule has 6 nitrogen and oxygen atoms in total. The number of nitrogens with zero attached hydrogens (tertiary/aromatic N) is 4. The van der Waals surface area contributed by atoms with Gasteiger partial charge < -0.3 is 10.2 Å². The first-order chi connectivity index (χ1) is 10.8. The minimum atomic E-state index is 0.738. The van der Waals surface area contributed by atoms with Crippen molar-refractivity contribution in [2.75, 3.05) is 10.2 Å². The van der Waals surface area contributed by atoms with Crippen LogP contribution in [-0.4, -0.2) is 19.7 Å². The summed E-state index contributed by atoms with van der Waals surface area (Å²) in [6.07, 6.45) is 5.85. The zero-order valence-electron chi connectivity index (χ0n) is 12.2. The lowest BCUT2D eigenvalue weighted by atomic mass is 10.2. The number of imidazole rings is 1. The van der Waals surface area contributed by atoms with Crippen molar-refractivity contribution in [3.63, 3.8) is 0 Å². The maximum atomic E-state index is 4.44. The highest BCUT2D eigenvalue weighted by molar-refractivity contribution is 5.68. The second-order valence-corrected chi connectivity index (χ2v) is 5.25. The van der Waals surface area contributed by atoms with E-state index < -0.39 is 0 Å². The molecule has 0 spiro atoms. The summed E-state index contributed by atoms with van der Waals surface area (Å²) >= 11 is 0. The van der Waals surface area contributed by atoms with Crippen molar-refractivity contribution >= 4 is 17.3 Å². The number of anilines is 2. The molecule has 1 aromatic carbocycles. The topological polar surface area (TPSA) is 61.8 Å². The first kappa shape index (κ1) is 12.7. The van der Waals surface area contributed by atoms with E-state index in [0.717, 1.165) is 35.4 Å². The molecule has 0 unspecified atom stereocenters. The minimum Gasteiger partial charge on any atom is -0.337 e. The van der Waals surface area contributed by atoms with Crippen LogP contribution in [0, 0.1) is 6.92 Å². The molecule has 3 aromatic rings. The van der Waals surface area contributed by atoms with Gasteiger partial charge in [-0.25, -0.2) is 4.98 Å². The molecule has 0 aliphatic carbocycles. The molecule has 0 fully saturated rings. The SMILES string of the molecule is Cc1cc(NC2=CN(c3ccccc3)Cc3nccn32)n[nH]1. The van der Waals surface area contributed by atoms with Crippen molar-refractivity contribution in [3.8, 4) is 0 Å². The summed E-state index contributed by atoms with van der Waals surface area (Å²) in [6.45, 7) is 2.72. The van der Waals surface area contributed by atoms with Crippen LogP contribution in [0.3, 0.4) is 0 Å². The Hall–Kier alpha value is -3.02. The number of fused-ring (bicyclic) bond motifs is 1. The Morgan fingerprint density at radius 3 is 2.86 bits per heavy atom. The van der Waals surface area contributed by atoms with Crippen LogP contribution in [-0.2, 0) is 6.54 Å². The summed E-state index contributed by atoms with van der Waals surface area (Å²) in [5.74, 6) is 2.70. The highest BCUT2D eigenvalue weighted by Gasteiger charge is 2.19. The molecule has 2 N–H and O–H groups in total. The average molecular weight is 292 g/mol. The first-order valence-corrected chi connectivity index (χ1v) is 7.15. The smallest absolute Gasteiger partial charge is 0.153 e. The molecule has 110 valence electrons. The molecular weight excluding hydrogens is 276 g/mol. The van der Waals surface area contributed by atoms with Crippen molar-refractivity contribution in [1.29, 1.82) is 0 Å². The third kappa shape index (κ3) is 2.24. The van der Waals surface area contributed by atoms with E-state index in [2.05, 4.69) is 43.7 Å². The van der Waals surface area contributed by atoms with Crippen LogP contribution in [0.25, 0.3) is 5.82 Å². The Balaban J connectivity index is 1.71. The quantitative estimate of drug-likeness (QED) is 0.779. The largest absolute Gasteiger partial charge is 0.337 e. The lowest BCUT2D eigenvalue weighted by molar-refractivity contribution is 0.806. The number of hydrogen-bond donors (Lipinski definition) is 2. The molecule has 2 aromatic heterocycles. The normalized spacial score (nSPS) is 13.7. The van der Waals surface area contributed by atoms with Crippen LogP contribution in [0.15, 0.2) is 55.0 Å². The number of benzene rings is 1. The van der Waals surface area contributed by atoms with Crippen LogP contribution in [0.5, 0.6) is 0 Å². The van der Waals surface area contributed by atoms with Gasteiger partial charge in [-0.1, -0.05) is 18.2 Å². The van der Waals surface area contributed by atoms with Gasteiger partial charge in [0.05, 0.1) is 6.54 Å². The van der Waals surface area contributed by atoms with Crippen LogP contribution in [0.1, 0.15) is 11.5 Å². The number of hydrogen-bond acceptors (Lipinski definition) is 4. The van der Waals surface area contributed by atoms with E-state index in [1.54, 1.807) is 0 Å². The lowest BCUT2D eigenvalue weighted by Gasteiger charge is -2.27. The van der Waals surface area contributed by atoms with E-state index in [1.165, 1.54) is 0 Å². The minimum absolute atomic E-state index is 0.738. The summed E-state index contributed by atoms with van der Waals surface area (Å²) in [7, 11) is 0. The second-order valence-electron chi connectivity index (χ2n) is 5.25. The van der Waals surface area contributed by atoms with Crippen LogP contribution >= 0.6 is 0 Å². The van der Waals surface area contributed by atoms with Gasteiger partial charge in [-0.3, -0.25) is 9.67 Å². The van der Waals surface area contributed by atoms with Gasteiger partial charge in [-0.05, 0) is 19.1 Å². The monoisotopic (exact) mass is 292 g/mol. The van der Waals surface area contributed by atoms with E-state index >= 15 is 0 Å². The number of nitrogens with one attached hydrogen (secondary N) is 2. The maximum absolute atomic E-state index is 4.44. The van der Waals surface area contributed by atoms with E-state index in [1.807, 2.05) is 48.1 Å². The fourth-order valence-electron chi connectivity index (χ4n) is 2.57. The summed E-state index contributed by atoms with van der Waals surface area (Å²) < 4.78 is 2.05. The summed E-state index contributed by atoms with van der Waals surface area (Å²) in [4.78, 5) is 6.61. The Morgan fingerprint density at radius 2 is 2.09 bits per heavy atom. The number of H-pyrrole nitrogens is 1. The zero-order chi connectivity index (χ0) is 14.9. The molecule has 0 amide bonds. The predicted molar refractivity (Wildman–Crippen MR) is 86.1 cm³/mol. The molecule has 1 aliphatic heterocycles. The average Bonchev–Trinajstić information content (AvgIpc) is 3.17. The molecule has 0 saturated carbocycles. The fourth-order valence-corrected chi connectivity index (χ4v) is 2.57. The van der Waals surface area contributed by atoms with E-state index in [4.69, 9.17) is 0 Å². The summed E-state index contributed by atoms with van der Waals surface area (Å²) in [6, 6.07) is 12.2. The molecule has 1 aliphatic rings. The van der Waals surface area contributed by atoms with Gasteiger partial charge in [0.1, 0.15) is 11.6 Å². The van der Waals surface area contributed by atoms with Crippen molar-refractivity contribution in [2.24, 2.45) is 0 Å². The highest BCUT2D eigenvalue weighted by atomic mass is 15.3. The summed E-state index contributed by atoms with van der Waals surface area (Å²) in [5, 5.41) is 10.5. The molecule has 3 heterocycles. The van der Waals surface area contributed by atoms with Crippen molar-refractivity contribution in [2.45, 2.75) is 13.5 Å². The molecule has 6 heteroatoms. The van der Waals surface area contributed by atoms with Crippen molar-refractivity contribution in [3.05, 3.63) is 66.5 Å². The van der Waals surface area contributed by atoms with E-state index in [0.29, 0.717) is 0 Å². The van der Waals surface area contributed by atoms with Gasteiger partial charge in [-0.15, -0.1) is 0 Å². The Morgan fingerprint density at radius 1 is 1.23 bits per heavy atom. The van der Waals surface area contributed by atoms with Gasteiger partial charge in [0.15, 0.2) is 5.82 Å². The lowest BCUT2D eigenvalue weighted by Crippen LogP contribution is -2.27. The third-order valence-corrected chi connectivity index (χ3v) is 3.62. The highest BCUT2D eigenvalue weighted by Crippen LogP contribution is 2.25. The fraction of sp³-hybridized carbons (Fsp3) is 0.125. The van der Waals surface area contributed by atoms with Crippen LogP contribution in [0.4, 0.5) is 11.5 Å². The molecule has 0 atom stereocenters. The predicted octanol–water partition coefficient (Wildman–Crippen LogP) is 2.80. The number of aromatic amines is 1.